The van der Waals surface area contributed by atoms with Crippen LogP contribution in [0.5, 0.6) is 0 Å². The zero-order valence-electron chi connectivity index (χ0n) is 23.4. The lowest BCUT2D eigenvalue weighted by Gasteiger charge is -2.24. The molecule has 0 bridgehead atoms. The minimum atomic E-state index is 0.886. The molecule has 0 aliphatic rings. The van der Waals surface area contributed by atoms with E-state index in [1.165, 1.54) is 20.9 Å². The Balaban J connectivity index is 1.15. The summed E-state index contributed by atoms with van der Waals surface area (Å²) in [5.74, 6) is 1.77. The zero-order chi connectivity index (χ0) is 28.8. The molecule has 0 atom stereocenters. The lowest BCUT2D eigenvalue weighted by Crippen LogP contribution is -2.11. The van der Waals surface area contributed by atoms with Gasteiger partial charge in [-0.1, -0.05) is 72.8 Å². The number of anilines is 6. The molecule has 0 amide bonds. The molecule has 0 aliphatic heterocycles. The first-order valence-corrected chi connectivity index (χ1v) is 15.0. The third kappa shape index (κ3) is 5.67. The topological polar surface area (TPSA) is 32.3 Å². The molecule has 43 heavy (non-hydrogen) atoms. The van der Waals surface area contributed by atoms with E-state index in [1.54, 1.807) is 11.3 Å². The summed E-state index contributed by atoms with van der Waals surface area (Å²) in [4.78, 5) is 16.1. The maximum atomic E-state index is 4.62. The second kappa shape index (κ2) is 12.1. The number of hydrogen-bond acceptors (Lipinski definition) is 5. The fourth-order valence-corrected chi connectivity index (χ4v) is 6.17. The van der Waals surface area contributed by atoms with Crippen molar-refractivity contribution in [2.24, 2.45) is 0 Å². The zero-order valence-corrected chi connectivity index (χ0v) is 24.2. The van der Waals surface area contributed by atoms with Gasteiger partial charge in [0.05, 0.1) is 0 Å². The summed E-state index contributed by atoms with van der Waals surface area (Å²) < 4.78 is 0. The molecule has 3 aromatic heterocycles. The molecule has 3 heterocycles. The summed E-state index contributed by atoms with van der Waals surface area (Å²) in [6.45, 7) is 0. The Morgan fingerprint density at radius 1 is 0.349 bits per heavy atom. The van der Waals surface area contributed by atoms with Crippen LogP contribution in [0.15, 0.2) is 170 Å². The van der Waals surface area contributed by atoms with Crippen molar-refractivity contribution in [1.29, 1.82) is 0 Å². The summed E-state index contributed by atoms with van der Waals surface area (Å²) in [5, 5.41) is 0. The molecule has 5 heteroatoms. The first-order valence-electron chi connectivity index (χ1n) is 14.2. The minimum absolute atomic E-state index is 0.886. The molecule has 7 rings (SSSR count). The van der Waals surface area contributed by atoms with Gasteiger partial charge in [-0.05, 0) is 96.1 Å². The molecule has 0 spiro atoms. The molecule has 0 N–H and O–H groups in total. The van der Waals surface area contributed by atoms with Crippen LogP contribution < -0.4 is 9.80 Å². The lowest BCUT2D eigenvalue weighted by atomic mass is 10.1. The summed E-state index contributed by atoms with van der Waals surface area (Å²) in [6.07, 6.45) is 3.66. The van der Waals surface area contributed by atoms with Crippen LogP contribution in [0.2, 0.25) is 0 Å². The van der Waals surface area contributed by atoms with E-state index >= 15 is 0 Å². The van der Waals surface area contributed by atoms with E-state index in [-0.39, 0.29) is 0 Å². The van der Waals surface area contributed by atoms with Gasteiger partial charge in [0.25, 0.3) is 0 Å². The van der Waals surface area contributed by atoms with E-state index in [2.05, 4.69) is 129 Å². The first kappa shape index (κ1) is 26.4. The number of rotatable bonds is 8. The quantitative estimate of drug-likeness (QED) is 0.181. The number of thiophene rings is 1. The van der Waals surface area contributed by atoms with Gasteiger partial charge >= 0.3 is 0 Å². The number of para-hydroxylation sites is 2. The Morgan fingerprint density at radius 2 is 0.721 bits per heavy atom. The van der Waals surface area contributed by atoms with E-state index < -0.39 is 0 Å². The van der Waals surface area contributed by atoms with Crippen LogP contribution >= 0.6 is 11.3 Å². The lowest BCUT2D eigenvalue weighted by molar-refractivity contribution is 1.18. The fourth-order valence-electron chi connectivity index (χ4n) is 5.15. The molecular formula is C38H28N4S. The molecular weight excluding hydrogens is 545 g/mol. The maximum absolute atomic E-state index is 4.62. The predicted molar refractivity (Wildman–Crippen MR) is 180 cm³/mol. The molecule has 4 nitrogen and oxygen atoms in total. The maximum Gasteiger partial charge on any atom is 0.137 e. The van der Waals surface area contributed by atoms with E-state index in [4.69, 9.17) is 0 Å². The van der Waals surface area contributed by atoms with Crippen molar-refractivity contribution < 1.29 is 0 Å². The largest absolute Gasteiger partial charge is 0.295 e. The van der Waals surface area contributed by atoms with Crippen molar-refractivity contribution >= 4 is 45.7 Å². The highest BCUT2D eigenvalue weighted by atomic mass is 32.1. The van der Waals surface area contributed by atoms with Gasteiger partial charge in [0.15, 0.2) is 0 Å². The van der Waals surface area contributed by atoms with E-state index in [9.17, 15) is 0 Å². The molecule has 0 radical (unpaired) electrons. The van der Waals surface area contributed by atoms with Gasteiger partial charge in [0.1, 0.15) is 11.6 Å². The standard InChI is InChI=1S/C38H28N4S/c1-3-11-31(12-4-1)41(37-15-7-9-27-39-37)33-21-17-29(18-22-33)35-25-26-36(43-35)30-19-23-34(24-20-30)42(32-13-5-2-6-14-32)38-16-8-10-28-40-38/h1-28H. The molecule has 0 saturated heterocycles. The van der Waals surface area contributed by atoms with Crippen LogP contribution in [0.3, 0.4) is 0 Å². The van der Waals surface area contributed by atoms with Crippen molar-refractivity contribution in [3.05, 3.63) is 170 Å². The van der Waals surface area contributed by atoms with E-state index in [0.29, 0.717) is 0 Å². The van der Waals surface area contributed by atoms with Gasteiger partial charge in [0.2, 0.25) is 0 Å². The van der Waals surface area contributed by atoms with Crippen molar-refractivity contribution in [3.8, 4) is 20.9 Å². The second-order valence-corrected chi connectivity index (χ2v) is 11.1. The highest BCUT2D eigenvalue weighted by Gasteiger charge is 2.15. The number of aromatic nitrogens is 2. The Kier molecular flexibility index (Phi) is 7.45. The van der Waals surface area contributed by atoms with E-state index in [1.807, 2.05) is 60.9 Å². The number of nitrogens with zero attached hydrogens (tertiary/aromatic N) is 4. The fraction of sp³-hybridized carbons (Fsp3) is 0. The van der Waals surface area contributed by atoms with Gasteiger partial charge in [-0.25, -0.2) is 9.97 Å². The highest BCUT2D eigenvalue weighted by molar-refractivity contribution is 7.18. The molecule has 0 unspecified atom stereocenters. The van der Waals surface area contributed by atoms with Crippen molar-refractivity contribution in [3.63, 3.8) is 0 Å². The Morgan fingerprint density at radius 3 is 1.09 bits per heavy atom. The summed E-state index contributed by atoms with van der Waals surface area (Å²) >= 11 is 1.80. The Hall–Kier alpha value is -5.52. The van der Waals surface area contributed by atoms with Crippen LogP contribution in [-0.2, 0) is 0 Å². The third-order valence-corrected chi connectivity index (χ3v) is 8.39. The van der Waals surface area contributed by atoms with Gasteiger partial charge < -0.3 is 0 Å². The Bertz CT molecular complexity index is 1670. The molecule has 7 aromatic rings. The van der Waals surface area contributed by atoms with Crippen molar-refractivity contribution in [2.75, 3.05) is 9.80 Å². The van der Waals surface area contributed by atoms with Crippen LogP contribution in [-0.4, -0.2) is 9.97 Å². The minimum Gasteiger partial charge on any atom is -0.295 e. The highest BCUT2D eigenvalue weighted by Crippen LogP contribution is 2.39. The Labute approximate surface area is 255 Å². The third-order valence-electron chi connectivity index (χ3n) is 7.21. The molecule has 0 saturated carbocycles. The average molecular weight is 573 g/mol. The summed E-state index contributed by atoms with van der Waals surface area (Å²) in [6, 6.07) is 54.5. The summed E-state index contributed by atoms with van der Waals surface area (Å²) in [7, 11) is 0. The van der Waals surface area contributed by atoms with Crippen molar-refractivity contribution in [1.82, 2.24) is 9.97 Å². The molecule has 4 aromatic carbocycles. The van der Waals surface area contributed by atoms with Gasteiger partial charge in [-0.3, -0.25) is 9.80 Å². The molecule has 0 aliphatic carbocycles. The van der Waals surface area contributed by atoms with E-state index in [0.717, 1.165) is 34.4 Å². The molecule has 206 valence electrons. The van der Waals surface area contributed by atoms with Crippen LogP contribution in [0, 0.1) is 0 Å². The SMILES string of the molecule is c1ccc(N(c2ccc(-c3ccc(-c4ccc(N(c5ccccc5)c5ccccn5)cc4)s3)cc2)c2ccccn2)cc1. The normalized spacial score (nSPS) is 10.8. The van der Waals surface area contributed by atoms with Crippen LogP contribution in [0.25, 0.3) is 20.9 Å². The average Bonchev–Trinajstić information content (AvgIpc) is 3.58. The van der Waals surface area contributed by atoms with Crippen LogP contribution in [0.4, 0.5) is 34.4 Å². The first-order chi connectivity index (χ1) is 21.3. The predicted octanol–water partition coefficient (Wildman–Crippen LogP) is 10.8. The number of pyridine rings is 2. The summed E-state index contributed by atoms with van der Waals surface area (Å²) in [5.41, 5.74) is 6.66. The van der Waals surface area contributed by atoms with Gasteiger partial charge in [-0.15, -0.1) is 11.3 Å². The number of hydrogen-bond donors (Lipinski definition) is 0. The number of benzene rings is 4. The van der Waals surface area contributed by atoms with Crippen LogP contribution in [0.1, 0.15) is 0 Å². The van der Waals surface area contributed by atoms with Crippen molar-refractivity contribution in [2.45, 2.75) is 0 Å². The second-order valence-electron chi connectivity index (χ2n) is 9.98. The van der Waals surface area contributed by atoms with Gasteiger partial charge in [0, 0.05) is 44.9 Å². The van der Waals surface area contributed by atoms with Gasteiger partial charge in [-0.2, -0.15) is 0 Å². The smallest absolute Gasteiger partial charge is 0.137 e. The monoisotopic (exact) mass is 572 g/mol. The molecule has 0 fully saturated rings.